The first-order valence-electron chi connectivity index (χ1n) is 13.4. The fourth-order valence-electron chi connectivity index (χ4n) is 7.28. The lowest BCUT2D eigenvalue weighted by Crippen LogP contribution is -2.49. The topological polar surface area (TPSA) is 127 Å². The maximum absolute atomic E-state index is 13.8. The number of nitriles is 1. The summed E-state index contributed by atoms with van der Waals surface area (Å²) in [4.78, 5) is 44.3. The highest BCUT2D eigenvalue weighted by molar-refractivity contribution is 6.01. The Kier molecular flexibility index (Phi) is 6.06. The van der Waals surface area contributed by atoms with Crippen LogP contribution in [-0.4, -0.2) is 59.9 Å². The van der Waals surface area contributed by atoms with Gasteiger partial charge in [0, 0.05) is 29.9 Å². The molecule has 3 saturated carbocycles. The molecule has 1 aromatic heterocycles. The monoisotopic (exact) mass is 503 g/mol. The number of H-pyrrole nitrogens is 1. The third kappa shape index (κ3) is 4.22. The summed E-state index contributed by atoms with van der Waals surface area (Å²) in [7, 11) is 1.60. The van der Waals surface area contributed by atoms with E-state index in [1.165, 1.54) is 19.3 Å². The lowest BCUT2D eigenvalue weighted by Gasteiger charge is -2.27. The van der Waals surface area contributed by atoms with E-state index in [2.05, 4.69) is 21.7 Å². The van der Waals surface area contributed by atoms with Gasteiger partial charge >= 0.3 is 0 Å². The molecule has 3 heterocycles. The van der Waals surface area contributed by atoms with Crippen LogP contribution in [0.2, 0.25) is 0 Å². The highest BCUT2D eigenvalue weighted by Crippen LogP contribution is 2.56. The zero-order valence-corrected chi connectivity index (χ0v) is 21.0. The van der Waals surface area contributed by atoms with E-state index in [1.807, 2.05) is 18.2 Å². The Labute approximate surface area is 215 Å². The molecule has 37 heavy (non-hydrogen) atoms. The van der Waals surface area contributed by atoms with Gasteiger partial charge in [-0.2, -0.15) is 5.26 Å². The van der Waals surface area contributed by atoms with Crippen LogP contribution in [0.1, 0.15) is 49.0 Å². The quantitative estimate of drug-likeness (QED) is 0.535. The second kappa shape index (κ2) is 9.40. The number of hydrogen-bond donors (Lipinski definition) is 3. The van der Waals surface area contributed by atoms with Gasteiger partial charge in [-0.25, -0.2) is 0 Å². The van der Waals surface area contributed by atoms with Gasteiger partial charge in [-0.1, -0.05) is 6.07 Å². The number of carbonyl (C=O) groups is 3. The number of benzene rings is 1. The number of nitrogens with one attached hydrogen (secondary N) is 3. The summed E-state index contributed by atoms with van der Waals surface area (Å²) in [6.45, 7) is 1.14. The van der Waals surface area contributed by atoms with E-state index < -0.39 is 12.1 Å². The van der Waals surface area contributed by atoms with E-state index in [0.717, 1.165) is 16.8 Å². The van der Waals surface area contributed by atoms with Gasteiger partial charge in [0.2, 0.25) is 11.8 Å². The maximum Gasteiger partial charge on any atom is 0.270 e. The Morgan fingerprint density at radius 2 is 2.08 bits per heavy atom. The third-order valence-corrected chi connectivity index (χ3v) is 9.22. The van der Waals surface area contributed by atoms with Gasteiger partial charge < -0.3 is 25.3 Å². The molecule has 3 aliphatic carbocycles. The number of aromatic nitrogens is 1. The molecule has 0 radical (unpaired) electrons. The predicted octanol–water partition coefficient (Wildman–Crippen LogP) is 2.59. The third-order valence-electron chi connectivity index (χ3n) is 9.22. The molecule has 2 saturated heterocycles. The number of methoxy groups -OCH3 is 1. The van der Waals surface area contributed by atoms with E-state index >= 15 is 0 Å². The predicted molar refractivity (Wildman–Crippen MR) is 135 cm³/mol. The summed E-state index contributed by atoms with van der Waals surface area (Å²) in [5.74, 6) is 2.15. The summed E-state index contributed by atoms with van der Waals surface area (Å²) in [6, 6.07) is 8.15. The molecule has 194 valence electrons. The van der Waals surface area contributed by atoms with Gasteiger partial charge in [-0.05, 0) is 80.4 Å². The van der Waals surface area contributed by atoms with Crippen LogP contribution in [0.3, 0.4) is 0 Å². The van der Waals surface area contributed by atoms with Gasteiger partial charge in [0.15, 0.2) is 0 Å². The highest BCUT2D eigenvalue weighted by Gasteiger charge is 2.52. The molecule has 2 aliphatic heterocycles. The summed E-state index contributed by atoms with van der Waals surface area (Å²) in [6.07, 6.45) is 5.29. The Morgan fingerprint density at radius 1 is 1.24 bits per heavy atom. The number of rotatable bonds is 7. The highest BCUT2D eigenvalue weighted by atomic mass is 16.5. The van der Waals surface area contributed by atoms with Crippen LogP contribution in [-0.2, 0) is 9.59 Å². The molecule has 9 heteroatoms. The summed E-state index contributed by atoms with van der Waals surface area (Å²) in [5, 5.41) is 16.2. The molecule has 9 nitrogen and oxygen atoms in total. The number of carbonyl (C=O) groups excluding carboxylic acids is 3. The summed E-state index contributed by atoms with van der Waals surface area (Å²) >= 11 is 0. The molecule has 5 fully saturated rings. The second-order valence-electron chi connectivity index (χ2n) is 11.3. The largest absolute Gasteiger partial charge is 0.496 e. The Bertz CT molecular complexity index is 1280. The molecule has 2 bridgehead atoms. The van der Waals surface area contributed by atoms with Gasteiger partial charge in [-0.3, -0.25) is 14.4 Å². The Hall–Kier alpha value is -3.54. The summed E-state index contributed by atoms with van der Waals surface area (Å²) in [5.41, 5.74) is 1.23. The standard InChI is InChI=1S/C28H33N5O4/c1-37-25-4-2-3-22-21(25)12-23(32-22)28(36)33-14-18(20-9-15-7-17(20)8-15)11-24(33)27(35)31-19(13-29)10-16-5-6-30-26(16)34/h2-4,12,15-20,24,32H,5-11,14H2,1H3,(H,30,34)(H,31,35). The fraction of sp³-hybridized carbons (Fsp3) is 0.571. The van der Waals surface area contributed by atoms with E-state index in [9.17, 15) is 19.6 Å². The number of amides is 3. The maximum atomic E-state index is 13.8. The van der Waals surface area contributed by atoms with Crippen LogP contribution in [0, 0.1) is 40.9 Å². The first-order chi connectivity index (χ1) is 17.9. The Morgan fingerprint density at radius 3 is 2.76 bits per heavy atom. The minimum absolute atomic E-state index is 0.0679. The molecule has 3 N–H and O–H groups in total. The molecule has 2 aromatic rings. The molecule has 1 aromatic carbocycles. The molecule has 5 unspecified atom stereocenters. The van der Waals surface area contributed by atoms with Crippen molar-refractivity contribution in [2.75, 3.05) is 20.2 Å². The van der Waals surface area contributed by atoms with Gasteiger partial charge in [0.05, 0.1) is 13.2 Å². The minimum Gasteiger partial charge on any atom is -0.496 e. The van der Waals surface area contributed by atoms with E-state index in [4.69, 9.17) is 4.74 Å². The second-order valence-corrected chi connectivity index (χ2v) is 11.3. The van der Waals surface area contributed by atoms with Crippen molar-refractivity contribution in [3.8, 4) is 11.8 Å². The van der Waals surface area contributed by atoms with Crippen molar-refractivity contribution in [2.45, 2.75) is 50.6 Å². The number of aromatic amines is 1. The zero-order valence-electron chi connectivity index (χ0n) is 21.0. The number of hydrogen-bond acceptors (Lipinski definition) is 5. The molecule has 5 aliphatic rings. The van der Waals surface area contributed by atoms with Crippen LogP contribution >= 0.6 is 0 Å². The van der Waals surface area contributed by atoms with Crippen LogP contribution in [0.4, 0.5) is 0 Å². The Balaban J connectivity index is 1.23. The lowest BCUT2D eigenvalue weighted by atomic mass is 9.78. The SMILES string of the molecule is COc1cccc2[nH]c(C(=O)N3CC(C4CC5CC4C5)CC3C(=O)NC(C#N)CC3CCNC3=O)cc12. The van der Waals surface area contributed by atoms with Crippen LogP contribution in [0.25, 0.3) is 10.9 Å². The van der Waals surface area contributed by atoms with Crippen molar-refractivity contribution in [3.05, 3.63) is 30.0 Å². The molecule has 5 atom stereocenters. The molecule has 0 spiro atoms. The van der Waals surface area contributed by atoms with Crippen molar-refractivity contribution < 1.29 is 19.1 Å². The normalized spacial score (nSPS) is 31.0. The number of ether oxygens (including phenoxy) is 1. The van der Waals surface area contributed by atoms with E-state index in [1.54, 1.807) is 18.1 Å². The number of fused-ring (bicyclic) bond motifs is 2. The van der Waals surface area contributed by atoms with Crippen LogP contribution in [0.5, 0.6) is 5.75 Å². The van der Waals surface area contributed by atoms with E-state index in [0.29, 0.717) is 49.2 Å². The average molecular weight is 504 g/mol. The van der Waals surface area contributed by atoms with Crippen molar-refractivity contribution >= 4 is 28.6 Å². The first-order valence-corrected chi connectivity index (χ1v) is 13.4. The van der Waals surface area contributed by atoms with Crippen LogP contribution < -0.4 is 15.4 Å². The average Bonchev–Trinajstić information content (AvgIpc) is 3.69. The van der Waals surface area contributed by atoms with Crippen LogP contribution in [0.15, 0.2) is 24.3 Å². The number of nitrogens with zero attached hydrogens (tertiary/aromatic N) is 2. The van der Waals surface area contributed by atoms with Gasteiger partial charge in [0.25, 0.3) is 5.91 Å². The smallest absolute Gasteiger partial charge is 0.270 e. The zero-order chi connectivity index (χ0) is 25.7. The number of likely N-dealkylation sites (tertiary alicyclic amines) is 1. The molecule has 7 rings (SSSR count). The van der Waals surface area contributed by atoms with Crippen molar-refractivity contribution in [2.24, 2.45) is 29.6 Å². The minimum atomic E-state index is -0.769. The van der Waals surface area contributed by atoms with Crippen molar-refractivity contribution in [1.82, 2.24) is 20.5 Å². The molecular formula is C28H33N5O4. The van der Waals surface area contributed by atoms with Gasteiger partial charge in [0.1, 0.15) is 23.5 Å². The summed E-state index contributed by atoms with van der Waals surface area (Å²) < 4.78 is 5.46. The molecule has 3 amide bonds. The molecular weight excluding hydrogens is 470 g/mol. The van der Waals surface area contributed by atoms with Gasteiger partial charge in [-0.15, -0.1) is 0 Å². The first kappa shape index (κ1) is 23.8. The fourth-order valence-corrected chi connectivity index (χ4v) is 7.28. The lowest BCUT2D eigenvalue weighted by molar-refractivity contribution is -0.126. The van der Waals surface area contributed by atoms with Crippen molar-refractivity contribution in [3.63, 3.8) is 0 Å². The van der Waals surface area contributed by atoms with E-state index in [-0.39, 0.29) is 36.0 Å². The van der Waals surface area contributed by atoms with Crippen molar-refractivity contribution in [1.29, 1.82) is 5.26 Å².